The molecule has 7 heteroatoms. The Kier molecular flexibility index (Phi) is 4.91. The Bertz CT molecular complexity index is 443. The Hall–Kier alpha value is -1.02. The predicted molar refractivity (Wildman–Crippen MR) is 75.0 cm³/mol. The van der Waals surface area contributed by atoms with Crippen LogP contribution in [0.1, 0.15) is 41.0 Å². The van der Waals surface area contributed by atoms with Crippen LogP contribution >= 0.6 is 0 Å². The van der Waals surface area contributed by atoms with Gasteiger partial charge in [0, 0.05) is 6.42 Å². The van der Waals surface area contributed by atoms with Gasteiger partial charge in [-0.1, -0.05) is 0 Å². The van der Waals surface area contributed by atoms with E-state index < -0.39 is 35.5 Å². The van der Waals surface area contributed by atoms with Crippen LogP contribution in [-0.2, 0) is 33.3 Å². The topological polar surface area (TPSA) is 80.3 Å². The van der Waals surface area contributed by atoms with Crippen LogP contribution in [0.25, 0.3) is 0 Å². The molecule has 2 aliphatic rings. The number of hydrogen-bond donors (Lipinski definition) is 0. The van der Waals surface area contributed by atoms with Crippen molar-refractivity contribution in [1.29, 1.82) is 0 Å². The van der Waals surface area contributed by atoms with E-state index in [1.807, 2.05) is 13.8 Å². The molecular formula is C15H24O7. The number of hydrogen-bond acceptors (Lipinski definition) is 7. The molecule has 2 saturated heterocycles. The third-order valence-electron chi connectivity index (χ3n) is 3.51. The third kappa shape index (κ3) is 4.04. The van der Waals surface area contributed by atoms with Gasteiger partial charge in [-0.2, -0.15) is 0 Å². The first kappa shape index (κ1) is 17.3. The number of ether oxygens (including phenoxy) is 5. The van der Waals surface area contributed by atoms with Crippen molar-refractivity contribution in [2.24, 2.45) is 0 Å². The summed E-state index contributed by atoms with van der Waals surface area (Å²) in [7, 11) is 0. The van der Waals surface area contributed by atoms with E-state index >= 15 is 0 Å². The first-order valence-electron chi connectivity index (χ1n) is 7.51. The molecule has 0 amide bonds. The molecule has 3 atom stereocenters. The molecule has 3 unspecified atom stereocenters. The van der Waals surface area contributed by atoms with Crippen LogP contribution in [0.15, 0.2) is 0 Å². The number of carbonyl (C=O) groups is 2. The number of rotatable bonds is 5. The van der Waals surface area contributed by atoms with Crippen LogP contribution in [-0.4, -0.2) is 54.9 Å². The predicted octanol–water partition coefficient (Wildman–Crippen LogP) is 1.18. The van der Waals surface area contributed by atoms with E-state index in [2.05, 4.69) is 0 Å². The summed E-state index contributed by atoms with van der Waals surface area (Å²) in [5.41, 5.74) is 0. The minimum Gasteiger partial charge on any atom is -0.460 e. The molecule has 0 aromatic heterocycles. The van der Waals surface area contributed by atoms with E-state index in [1.165, 1.54) is 0 Å². The third-order valence-corrected chi connectivity index (χ3v) is 3.51. The quantitative estimate of drug-likeness (QED) is 0.556. The summed E-state index contributed by atoms with van der Waals surface area (Å²) in [5, 5.41) is 0. The zero-order valence-electron chi connectivity index (χ0n) is 13.7. The lowest BCUT2D eigenvalue weighted by Gasteiger charge is -2.23. The molecule has 0 radical (unpaired) electrons. The zero-order valence-corrected chi connectivity index (χ0v) is 13.7. The van der Waals surface area contributed by atoms with Crippen molar-refractivity contribution in [3.05, 3.63) is 0 Å². The van der Waals surface area contributed by atoms with Crippen LogP contribution in [0, 0.1) is 0 Å². The lowest BCUT2D eigenvalue weighted by molar-refractivity contribution is -0.174. The first-order valence-corrected chi connectivity index (χ1v) is 7.51. The molecule has 0 saturated carbocycles. The molecule has 0 aliphatic carbocycles. The minimum atomic E-state index is -0.849. The van der Waals surface area contributed by atoms with E-state index in [0.29, 0.717) is 6.61 Å². The summed E-state index contributed by atoms with van der Waals surface area (Å²) >= 11 is 0. The van der Waals surface area contributed by atoms with Crippen LogP contribution in [0.3, 0.4) is 0 Å². The van der Waals surface area contributed by atoms with Gasteiger partial charge in [0.15, 0.2) is 11.6 Å². The van der Waals surface area contributed by atoms with Gasteiger partial charge in [-0.3, -0.25) is 4.79 Å². The fraction of sp³-hybridized carbons (Fsp3) is 0.867. The fourth-order valence-electron chi connectivity index (χ4n) is 2.69. The number of carbonyl (C=O) groups excluding carboxylic acids is 2. The summed E-state index contributed by atoms with van der Waals surface area (Å²) in [6.07, 6.45) is -1.51. The Morgan fingerprint density at radius 1 is 1.09 bits per heavy atom. The maximum absolute atomic E-state index is 11.9. The maximum Gasteiger partial charge on any atom is 0.374 e. The maximum atomic E-state index is 11.9. The highest BCUT2D eigenvalue weighted by atomic mass is 16.8. The molecule has 2 rings (SSSR count). The fourth-order valence-corrected chi connectivity index (χ4v) is 2.69. The van der Waals surface area contributed by atoms with E-state index in [0.717, 1.165) is 0 Å². The Morgan fingerprint density at radius 2 is 1.77 bits per heavy atom. The molecule has 0 aromatic carbocycles. The monoisotopic (exact) mass is 316 g/mol. The van der Waals surface area contributed by atoms with Crippen LogP contribution in [0.2, 0.25) is 0 Å². The molecular weight excluding hydrogens is 292 g/mol. The second kappa shape index (κ2) is 6.23. The Balaban J connectivity index is 2.04. The highest BCUT2D eigenvalue weighted by molar-refractivity contribution is 6.33. The number of esters is 1. The molecule has 22 heavy (non-hydrogen) atoms. The molecule has 2 aliphatic heterocycles. The zero-order chi connectivity index (χ0) is 16.5. The normalized spacial score (nSPS) is 32.9. The molecule has 0 bridgehead atoms. The van der Waals surface area contributed by atoms with Crippen molar-refractivity contribution in [3.8, 4) is 0 Å². The van der Waals surface area contributed by atoms with Gasteiger partial charge >= 0.3 is 5.97 Å². The Labute approximate surface area is 130 Å². The van der Waals surface area contributed by atoms with Crippen molar-refractivity contribution in [2.75, 3.05) is 13.2 Å². The Morgan fingerprint density at radius 3 is 2.32 bits per heavy atom. The molecule has 126 valence electrons. The lowest BCUT2D eigenvalue weighted by atomic mass is 10.0. The average Bonchev–Trinajstić information content (AvgIpc) is 2.89. The van der Waals surface area contributed by atoms with Crippen molar-refractivity contribution in [1.82, 2.24) is 0 Å². The van der Waals surface area contributed by atoms with E-state index in [4.69, 9.17) is 23.7 Å². The van der Waals surface area contributed by atoms with Gasteiger partial charge in [0.1, 0.15) is 12.2 Å². The van der Waals surface area contributed by atoms with Gasteiger partial charge in [0.2, 0.25) is 5.78 Å². The molecule has 2 heterocycles. The van der Waals surface area contributed by atoms with E-state index in [-0.39, 0.29) is 19.1 Å². The van der Waals surface area contributed by atoms with Crippen LogP contribution < -0.4 is 0 Å². The number of Topliss-reactive ketones (excluding diaryl/α,β-unsaturated/α-hetero) is 1. The van der Waals surface area contributed by atoms with E-state index in [1.54, 1.807) is 20.8 Å². The molecule has 7 nitrogen and oxygen atoms in total. The van der Waals surface area contributed by atoms with Crippen molar-refractivity contribution < 1.29 is 33.3 Å². The summed E-state index contributed by atoms with van der Waals surface area (Å²) in [6.45, 7) is 9.31. The van der Waals surface area contributed by atoms with Crippen molar-refractivity contribution in [3.63, 3.8) is 0 Å². The summed E-state index contributed by atoms with van der Waals surface area (Å²) in [4.78, 5) is 23.4. The van der Waals surface area contributed by atoms with Gasteiger partial charge in [-0.15, -0.1) is 0 Å². The number of ketones is 1. The van der Waals surface area contributed by atoms with Gasteiger partial charge in [0.05, 0.1) is 19.3 Å². The molecule has 0 aromatic rings. The first-order chi connectivity index (χ1) is 10.1. The smallest absolute Gasteiger partial charge is 0.374 e. The minimum absolute atomic E-state index is 0.104. The second-order valence-corrected chi connectivity index (χ2v) is 6.35. The van der Waals surface area contributed by atoms with Crippen LogP contribution in [0.4, 0.5) is 0 Å². The van der Waals surface area contributed by atoms with Crippen LogP contribution in [0.5, 0.6) is 0 Å². The molecule has 0 spiro atoms. The van der Waals surface area contributed by atoms with Crippen molar-refractivity contribution >= 4 is 11.8 Å². The van der Waals surface area contributed by atoms with Gasteiger partial charge in [-0.05, 0) is 34.6 Å². The molecule has 2 fully saturated rings. The summed E-state index contributed by atoms with van der Waals surface area (Å²) < 4.78 is 27.7. The lowest BCUT2D eigenvalue weighted by Crippen LogP contribution is -2.40. The van der Waals surface area contributed by atoms with E-state index in [9.17, 15) is 9.59 Å². The highest BCUT2D eigenvalue weighted by Crippen LogP contribution is 2.36. The summed E-state index contributed by atoms with van der Waals surface area (Å²) in [5.74, 6) is -3.02. The highest BCUT2D eigenvalue weighted by Gasteiger charge is 2.50. The van der Waals surface area contributed by atoms with Crippen molar-refractivity contribution in [2.45, 2.75) is 70.9 Å². The van der Waals surface area contributed by atoms with Gasteiger partial charge < -0.3 is 23.7 Å². The average molecular weight is 316 g/mol. The standard InChI is InChI=1S/C15H24O7/c1-6-18-13(17)9(16)7-10-12(22-15(4,5)20-10)11-8-19-14(2,3)21-11/h10-12H,6-8H2,1-5H3. The largest absolute Gasteiger partial charge is 0.460 e. The second-order valence-electron chi connectivity index (χ2n) is 6.35. The SMILES string of the molecule is CCOC(=O)C(=O)CC1OC(C)(C)OC1C1COC(C)(C)O1. The van der Waals surface area contributed by atoms with Gasteiger partial charge in [0.25, 0.3) is 0 Å². The summed E-state index contributed by atoms with van der Waals surface area (Å²) in [6, 6.07) is 0. The molecule has 0 N–H and O–H groups in total. The van der Waals surface area contributed by atoms with Gasteiger partial charge in [-0.25, -0.2) is 4.79 Å².